The summed E-state index contributed by atoms with van der Waals surface area (Å²) in [6.45, 7) is 4.00. The van der Waals surface area contributed by atoms with Crippen molar-refractivity contribution in [3.05, 3.63) is 29.7 Å². The van der Waals surface area contributed by atoms with Crippen LogP contribution in [-0.2, 0) is 20.1 Å². The van der Waals surface area contributed by atoms with Crippen molar-refractivity contribution in [3.8, 4) is 0 Å². The Labute approximate surface area is 99.7 Å². The molecule has 0 amide bonds. The molecular formula is C10H37IrN-4. The Morgan fingerprint density at radius 2 is 0.500 bits per heavy atom. The Bertz CT molecular complexity index is 9.80. The molecule has 3 N–H and O–H groups in total. The maximum absolute atomic E-state index is 2.00. The first-order chi connectivity index (χ1) is 1.00. The van der Waals surface area contributed by atoms with Gasteiger partial charge in [-0.25, -0.2) is 0 Å². The third-order valence-electron chi connectivity index (χ3n) is 0. The molecule has 2 heteroatoms. The molecule has 0 fully saturated rings. The molecule has 0 spiro atoms. The summed E-state index contributed by atoms with van der Waals surface area (Å²) < 4.78 is 0. The number of rotatable bonds is 0. The molecule has 0 saturated heterocycles. The van der Waals surface area contributed by atoms with Gasteiger partial charge in [-0.05, 0) is 0 Å². The van der Waals surface area contributed by atoms with Crippen molar-refractivity contribution >= 4 is 0 Å². The van der Waals surface area contributed by atoms with E-state index in [-0.39, 0.29) is 85.7 Å². The molecule has 0 atom stereocenters. The summed E-state index contributed by atoms with van der Waals surface area (Å²) in [6.07, 6.45) is 0. The molecule has 0 aromatic rings. The van der Waals surface area contributed by atoms with Crippen LogP contribution in [0.15, 0.2) is 0 Å². The summed E-state index contributed by atoms with van der Waals surface area (Å²) in [5.41, 5.74) is 0. The third-order valence-corrected chi connectivity index (χ3v) is 0. The first-order valence-electron chi connectivity index (χ1n) is 1.00. The molecule has 0 aliphatic heterocycles. The van der Waals surface area contributed by atoms with Crippen molar-refractivity contribution in [2.75, 3.05) is 0 Å². The summed E-state index contributed by atoms with van der Waals surface area (Å²) in [7, 11) is 0. The van der Waals surface area contributed by atoms with Gasteiger partial charge in [0.25, 0.3) is 0 Å². The minimum Gasteiger partial charge on any atom is -0.358 e. The molecule has 0 aromatic heterocycles. The first-order valence-corrected chi connectivity index (χ1v) is 1.00. The van der Waals surface area contributed by atoms with E-state index < -0.39 is 0 Å². The van der Waals surface area contributed by atoms with E-state index >= 15 is 0 Å². The zero-order chi connectivity index (χ0) is 2.00. The quantitative estimate of drug-likeness (QED) is 0.564. The van der Waals surface area contributed by atoms with Crippen LogP contribution in [0.4, 0.5) is 0 Å². The van der Waals surface area contributed by atoms with Gasteiger partial charge in [0.15, 0.2) is 0 Å². The van der Waals surface area contributed by atoms with E-state index in [0.717, 1.165) is 0 Å². The third kappa shape index (κ3) is 2640. The van der Waals surface area contributed by atoms with E-state index in [9.17, 15) is 0 Å². The van der Waals surface area contributed by atoms with Crippen LogP contribution in [0.2, 0.25) is 0 Å². The van der Waals surface area contributed by atoms with Gasteiger partial charge in [-0.3, -0.25) is 0 Å². The summed E-state index contributed by atoms with van der Waals surface area (Å²) in [5.74, 6) is 0. The van der Waals surface area contributed by atoms with Crippen LogP contribution in [0.3, 0.4) is 0 Å². The largest absolute Gasteiger partial charge is 0.358 e. The molecule has 0 saturated carbocycles. The van der Waals surface area contributed by atoms with Gasteiger partial charge in [0.2, 0.25) is 0 Å². The molecule has 12 heavy (non-hydrogen) atoms. The van der Waals surface area contributed by atoms with Gasteiger partial charge in [0, 0.05) is 20.1 Å². The van der Waals surface area contributed by atoms with Crippen molar-refractivity contribution in [2.45, 2.75) is 43.6 Å². The Hall–Kier alpha value is 0.609. The van der Waals surface area contributed by atoms with Gasteiger partial charge in [-0.15, -0.1) is 0 Å². The van der Waals surface area contributed by atoms with Gasteiger partial charge >= 0.3 is 0 Å². The van der Waals surface area contributed by atoms with E-state index in [1.54, 1.807) is 0 Å². The van der Waals surface area contributed by atoms with Crippen molar-refractivity contribution in [2.24, 2.45) is 0 Å². The van der Waals surface area contributed by atoms with Crippen LogP contribution in [0, 0.1) is 29.7 Å². The molecule has 0 rings (SSSR count). The van der Waals surface area contributed by atoms with Crippen LogP contribution in [0.1, 0.15) is 43.6 Å². The van der Waals surface area contributed by atoms with Gasteiger partial charge in [0.05, 0.1) is 0 Å². The molecule has 0 aromatic carbocycles. The topological polar surface area (TPSA) is 35.0 Å². The van der Waals surface area contributed by atoms with Gasteiger partial charge in [0.1, 0.15) is 0 Å². The van der Waals surface area contributed by atoms with E-state index in [1.165, 1.54) is 0 Å². The fourth-order valence-corrected chi connectivity index (χ4v) is 0. The summed E-state index contributed by atoms with van der Waals surface area (Å²) in [5, 5.41) is 0. The van der Waals surface area contributed by atoms with E-state index in [1.807, 2.05) is 13.8 Å². The van der Waals surface area contributed by atoms with Crippen molar-refractivity contribution in [3.63, 3.8) is 0 Å². The van der Waals surface area contributed by atoms with Gasteiger partial charge in [-0.2, -0.15) is 0 Å². The van der Waals surface area contributed by atoms with E-state index in [4.69, 9.17) is 0 Å². The Morgan fingerprint density at radius 1 is 0.500 bits per heavy atom. The zero-order valence-electron chi connectivity index (χ0n) is 7.04. The van der Waals surface area contributed by atoms with Crippen molar-refractivity contribution in [1.29, 1.82) is 0 Å². The summed E-state index contributed by atoms with van der Waals surface area (Å²) in [6, 6.07) is 0. The Balaban J connectivity index is -0.000000000111. The second-order valence-electron chi connectivity index (χ2n) is 0. The molecular weight excluding hydrogens is 326 g/mol. The van der Waals surface area contributed by atoms with E-state index in [2.05, 4.69) is 0 Å². The Kier molecular flexibility index (Phi) is 192000. The molecule has 95 valence electrons. The molecule has 0 bridgehead atoms. The minimum absolute atomic E-state index is 0. The summed E-state index contributed by atoms with van der Waals surface area (Å²) in [4.78, 5) is 0. The van der Waals surface area contributed by atoms with Gasteiger partial charge in [-0.1, -0.05) is 43.6 Å². The molecule has 0 aliphatic carbocycles. The molecule has 0 unspecified atom stereocenters. The monoisotopic (exact) mass is 364 g/mol. The second kappa shape index (κ2) is 3520. The van der Waals surface area contributed by atoms with Crippen LogP contribution in [0.5, 0.6) is 0 Å². The smallest absolute Gasteiger partial charge is 0 e. The van der Waals surface area contributed by atoms with Crippen LogP contribution in [-0.4, -0.2) is 0 Å². The fourth-order valence-electron chi connectivity index (χ4n) is 0. The maximum Gasteiger partial charge on any atom is 0 e. The van der Waals surface area contributed by atoms with Gasteiger partial charge < -0.3 is 35.9 Å². The van der Waals surface area contributed by atoms with Crippen molar-refractivity contribution in [1.82, 2.24) is 6.15 Å². The fraction of sp³-hybridized carbons (Fsp3) is 0.600. The van der Waals surface area contributed by atoms with Crippen LogP contribution >= 0.6 is 0 Å². The normalized spacial score (nSPS) is 0.500. The molecule has 0 heterocycles. The first kappa shape index (κ1) is 656. The van der Waals surface area contributed by atoms with Crippen molar-refractivity contribution < 1.29 is 20.1 Å². The number of hydrogen-bond acceptors (Lipinski definition) is 1. The maximum atomic E-state index is 2.00. The Morgan fingerprint density at radius 3 is 0.500 bits per heavy atom. The standard InChI is InChI=1S/C2H6.4CH4.4CH3.Ir.H3N/c1-2;;;;;;;;;;/h1-2H3;4*1H4;4*1H3;;1H3/q;;;;;4*-1;;. The molecule has 1 radical (unpaired) electrons. The zero-order valence-corrected chi connectivity index (χ0v) is 9.44. The molecule has 0 aliphatic rings. The second-order valence-corrected chi connectivity index (χ2v) is 0. The number of hydrogen-bond donors (Lipinski definition) is 1. The molecule has 1 nitrogen and oxygen atoms in total. The predicted octanol–water partition coefficient (Wildman–Crippen LogP) is 5.53. The predicted molar refractivity (Wildman–Crippen MR) is 69.0 cm³/mol. The summed E-state index contributed by atoms with van der Waals surface area (Å²) >= 11 is 0. The average Bonchev–Trinajstić information content (AvgIpc) is 1.00. The minimum atomic E-state index is 0. The van der Waals surface area contributed by atoms with E-state index in [0.29, 0.717) is 0 Å². The van der Waals surface area contributed by atoms with Crippen LogP contribution < -0.4 is 6.15 Å². The van der Waals surface area contributed by atoms with Crippen LogP contribution in [0.25, 0.3) is 0 Å². The average molecular weight is 364 g/mol. The SMILES string of the molecule is C.C.C.C.CC.N.[CH3-].[CH3-].[CH3-].[CH3-].[Ir].